The van der Waals surface area contributed by atoms with Crippen LogP contribution in [0.15, 0.2) is 53.0 Å². The van der Waals surface area contributed by atoms with E-state index in [-0.39, 0.29) is 24.6 Å². The molecule has 0 saturated heterocycles. The van der Waals surface area contributed by atoms with E-state index in [1.165, 1.54) is 17.0 Å². The number of hydrogen-bond acceptors (Lipinski definition) is 2. The molecule has 2 rings (SSSR count). The van der Waals surface area contributed by atoms with Crippen LogP contribution in [0.2, 0.25) is 0 Å². The first kappa shape index (κ1) is 15.7. The molecule has 0 bridgehead atoms. The molecule has 0 fully saturated rings. The van der Waals surface area contributed by atoms with Gasteiger partial charge in [-0.05, 0) is 23.8 Å². The maximum Gasteiger partial charge on any atom is 0.254 e. The van der Waals surface area contributed by atoms with Gasteiger partial charge >= 0.3 is 0 Å². The maximum atomic E-state index is 13.4. The van der Waals surface area contributed by atoms with Crippen LogP contribution in [-0.2, 0) is 6.54 Å². The molecule has 0 aliphatic heterocycles. The number of aliphatic hydroxyl groups is 1. The van der Waals surface area contributed by atoms with Crippen LogP contribution < -0.4 is 0 Å². The van der Waals surface area contributed by atoms with Crippen LogP contribution in [0.25, 0.3) is 0 Å². The quantitative estimate of drug-likeness (QED) is 0.898. The average molecular weight is 352 g/mol. The van der Waals surface area contributed by atoms with Crippen molar-refractivity contribution in [3.8, 4) is 0 Å². The topological polar surface area (TPSA) is 40.5 Å². The van der Waals surface area contributed by atoms with Gasteiger partial charge in [-0.3, -0.25) is 4.79 Å². The molecule has 0 aromatic heterocycles. The number of halogens is 2. The number of carbonyl (C=O) groups is 1. The summed E-state index contributed by atoms with van der Waals surface area (Å²) in [5.41, 5.74) is 1.21. The van der Waals surface area contributed by atoms with Crippen molar-refractivity contribution in [3.63, 3.8) is 0 Å². The van der Waals surface area contributed by atoms with Crippen LogP contribution in [0, 0.1) is 5.82 Å². The van der Waals surface area contributed by atoms with Crippen molar-refractivity contribution in [2.45, 2.75) is 6.54 Å². The van der Waals surface area contributed by atoms with Crippen LogP contribution in [0.5, 0.6) is 0 Å². The maximum absolute atomic E-state index is 13.4. The highest BCUT2D eigenvalue weighted by Gasteiger charge is 2.17. The minimum Gasteiger partial charge on any atom is -0.395 e. The zero-order valence-corrected chi connectivity index (χ0v) is 12.9. The number of rotatable bonds is 5. The number of amides is 1. The third-order valence-corrected chi connectivity index (χ3v) is 3.44. The Hall–Kier alpha value is -1.72. The summed E-state index contributed by atoms with van der Waals surface area (Å²) in [5.74, 6) is -0.788. The Labute approximate surface area is 131 Å². The Kier molecular flexibility index (Phi) is 5.47. The Morgan fingerprint density at radius 1 is 1.19 bits per heavy atom. The van der Waals surface area contributed by atoms with E-state index in [2.05, 4.69) is 15.9 Å². The highest BCUT2D eigenvalue weighted by Crippen LogP contribution is 2.17. The molecule has 0 aliphatic carbocycles. The van der Waals surface area contributed by atoms with Gasteiger partial charge in [-0.25, -0.2) is 4.39 Å². The number of benzene rings is 2. The van der Waals surface area contributed by atoms with Crippen molar-refractivity contribution in [1.82, 2.24) is 4.90 Å². The standard InChI is InChI=1S/C16H15BrFNO2/c17-14-8-13(9-15(18)10-14)16(21)19(6-7-20)11-12-4-2-1-3-5-12/h1-5,8-10,20H,6-7,11H2. The van der Waals surface area contributed by atoms with Gasteiger partial charge in [0.2, 0.25) is 0 Å². The van der Waals surface area contributed by atoms with Gasteiger partial charge in [0.1, 0.15) is 5.82 Å². The van der Waals surface area contributed by atoms with Crippen LogP contribution in [-0.4, -0.2) is 29.1 Å². The summed E-state index contributed by atoms with van der Waals surface area (Å²) < 4.78 is 13.9. The van der Waals surface area contributed by atoms with Crippen molar-refractivity contribution in [1.29, 1.82) is 0 Å². The average Bonchev–Trinajstić information content (AvgIpc) is 2.46. The zero-order valence-electron chi connectivity index (χ0n) is 11.3. The van der Waals surface area contributed by atoms with Gasteiger partial charge in [0.05, 0.1) is 6.61 Å². The van der Waals surface area contributed by atoms with Crippen molar-refractivity contribution < 1.29 is 14.3 Å². The molecule has 1 N–H and O–H groups in total. The predicted molar refractivity (Wildman–Crippen MR) is 82.4 cm³/mol. The molecule has 0 radical (unpaired) electrons. The number of hydrogen-bond donors (Lipinski definition) is 1. The largest absolute Gasteiger partial charge is 0.395 e. The third-order valence-electron chi connectivity index (χ3n) is 2.98. The number of carbonyl (C=O) groups excluding carboxylic acids is 1. The smallest absolute Gasteiger partial charge is 0.254 e. The summed E-state index contributed by atoms with van der Waals surface area (Å²) in [6.45, 7) is 0.422. The first-order valence-corrected chi connectivity index (χ1v) is 7.29. The molecule has 2 aromatic carbocycles. The molecule has 0 spiro atoms. The van der Waals surface area contributed by atoms with Gasteiger partial charge in [0.25, 0.3) is 5.91 Å². The summed E-state index contributed by atoms with van der Waals surface area (Å²) in [6.07, 6.45) is 0. The summed E-state index contributed by atoms with van der Waals surface area (Å²) in [7, 11) is 0. The van der Waals surface area contributed by atoms with Gasteiger partial charge in [-0.15, -0.1) is 0 Å². The molecular weight excluding hydrogens is 337 g/mol. The third kappa shape index (κ3) is 4.37. The summed E-state index contributed by atoms with van der Waals surface area (Å²) in [5, 5.41) is 9.14. The van der Waals surface area contributed by atoms with E-state index in [0.717, 1.165) is 5.56 Å². The lowest BCUT2D eigenvalue weighted by Crippen LogP contribution is -2.33. The fourth-order valence-electron chi connectivity index (χ4n) is 2.04. The highest BCUT2D eigenvalue weighted by atomic mass is 79.9. The van der Waals surface area contributed by atoms with Crippen molar-refractivity contribution in [3.05, 3.63) is 69.9 Å². The fourth-order valence-corrected chi connectivity index (χ4v) is 2.50. The molecule has 2 aromatic rings. The van der Waals surface area contributed by atoms with Crippen molar-refractivity contribution >= 4 is 21.8 Å². The minimum atomic E-state index is -0.476. The van der Waals surface area contributed by atoms with E-state index in [9.17, 15) is 9.18 Å². The van der Waals surface area contributed by atoms with Gasteiger partial charge in [0.15, 0.2) is 0 Å². The Morgan fingerprint density at radius 2 is 1.90 bits per heavy atom. The molecular formula is C16H15BrFNO2. The van der Waals surface area contributed by atoms with Gasteiger partial charge in [-0.1, -0.05) is 46.3 Å². The van der Waals surface area contributed by atoms with E-state index in [4.69, 9.17) is 5.11 Å². The van der Waals surface area contributed by atoms with E-state index in [1.807, 2.05) is 30.3 Å². The van der Waals surface area contributed by atoms with E-state index in [0.29, 0.717) is 11.0 Å². The van der Waals surface area contributed by atoms with Gasteiger partial charge < -0.3 is 10.0 Å². The number of aliphatic hydroxyl groups excluding tert-OH is 1. The van der Waals surface area contributed by atoms with Gasteiger partial charge in [-0.2, -0.15) is 0 Å². The van der Waals surface area contributed by atoms with Crippen LogP contribution in [0.1, 0.15) is 15.9 Å². The van der Waals surface area contributed by atoms with E-state index >= 15 is 0 Å². The zero-order chi connectivity index (χ0) is 15.2. The first-order chi connectivity index (χ1) is 10.1. The van der Waals surface area contributed by atoms with Crippen LogP contribution in [0.4, 0.5) is 4.39 Å². The Balaban J connectivity index is 2.22. The highest BCUT2D eigenvalue weighted by molar-refractivity contribution is 9.10. The molecule has 0 unspecified atom stereocenters. The lowest BCUT2D eigenvalue weighted by atomic mass is 10.1. The van der Waals surface area contributed by atoms with Crippen molar-refractivity contribution in [2.75, 3.05) is 13.2 Å². The van der Waals surface area contributed by atoms with Gasteiger partial charge in [0, 0.05) is 23.1 Å². The molecule has 21 heavy (non-hydrogen) atoms. The van der Waals surface area contributed by atoms with E-state index in [1.54, 1.807) is 6.07 Å². The SMILES string of the molecule is O=C(c1cc(F)cc(Br)c1)N(CCO)Cc1ccccc1. The van der Waals surface area contributed by atoms with Crippen LogP contribution >= 0.6 is 15.9 Å². The monoisotopic (exact) mass is 351 g/mol. The predicted octanol–water partition coefficient (Wildman–Crippen LogP) is 3.22. The van der Waals surface area contributed by atoms with Crippen molar-refractivity contribution in [2.24, 2.45) is 0 Å². The first-order valence-electron chi connectivity index (χ1n) is 6.50. The molecule has 0 saturated carbocycles. The number of nitrogens with zero attached hydrogens (tertiary/aromatic N) is 1. The lowest BCUT2D eigenvalue weighted by Gasteiger charge is -2.22. The normalized spacial score (nSPS) is 10.4. The fraction of sp³-hybridized carbons (Fsp3) is 0.188. The Morgan fingerprint density at radius 3 is 2.52 bits per heavy atom. The Bertz CT molecular complexity index is 599. The van der Waals surface area contributed by atoms with E-state index < -0.39 is 5.82 Å². The summed E-state index contributed by atoms with van der Waals surface area (Å²) in [4.78, 5) is 14.0. The molecule has 0 atom stereocenters. The molecule has 110 valence electrons. The second kappa shape index (κ2) is 7.33. The summed E-state index contributed by atoms with van der Waals surface area (Å²) >= 11 is 3.18. The molecule has 0 heterocycles. The second-order valence-corrected chi connectivity index (χ2v) is 5.51. The molecule has 0 aliphatic rings. The molecule has 5 heteroatoms. The minimum absolute atomic E-state index is 0.144. The lowest BCUT2D eigenvalue weighted by molar-refractivity contribution is 0.0707. The summed E-state index contributed by atoms with van der Waals surface area (Å²) in [6, 6.07) is 13.5. The molecule has 3 nitrogen and oxygen atoms in total. The molecule has 1 amide bonds. The van der Waals surface area contributed by atoms with Crippen LogP contribution in [0.3, 0.4) is 0 Å². The second-order valence-electron chi connectivity index (χ2n) is 4.59.